The quantitative estimate of drug-likeness (QED) is 0.751. The lowest BCUT2D eigenvalue weighted by atomic mass is 10.3. The maximum atomic E-state index is 11.9. The highest BCUT2D eigenvalue weighted by molar-refractivity contribution is 9.11. The molecule has 0 aliphatic heterocycles. The Labute approximate surface area is 125 Å². The summed E-state index contributed by atoms with van der Waals surface area (Å²) >= 11 is 16.1. The summed E-state index contributed by atoms with van der Waals surface area (Å²) in [5.74, 6) is -0.460. The van der Waals surface area contributed by atoms with Gasteiger partial charge in [-0.3, -0.25) is 4.79 Å². The van der Waals surface area contributed by atoms with E-state index in [1.54, 1.807) is 12.1 Å². The van der Waals surface area contributed by atoms with Crippen molar-refractivity contribution in [3.05, 3.63) is 43.0 Å². The number of benzene rings is 1. The minimum Gasteiger partial charge on any atom is -0.505 e. The highest BCUT2D eigenvalue weighted by Crippen LogP contribution is 2.35. The number of phenolic OH excluding ortho intramolecular Hbond substituents is 1. The molecule has 3 nitrogen and oxygen atoms in total. The highest BCUT2D eigenvalue weighted by atomic mass is 79.9. The fourth-order valence-corrected chi connectivity index (χ4v) is 3.04. The summed E-state index contributed by atoms with van der Waals surface area (Å²) in [6.07, 6.45) is 0. The van der Waals surface area contributed by atoms with Gasteiger partial charge < -0.3 is 10.4 Å². The molecule has 0 aliphatic rings. The van der Waals surface area contributed by atoms with Gasteiger partial charge in [0, 0.05) is 5.69 Å². The van der Waals surface area contributed by atoms with Gasteiger partial charge in [-0.15, -0.1) is 11.3 Å². The van der Waals surface area contributed by atoms with Crippen molar-refractivity contribution in [2.24, 2.45) is 0 Å². The van der Waals surface area contributed by atoms with Crippen molar-refractivity contribution in [2.75, 3.05) is 5.32 Å². The number of hydrogen-bond acceptors (Lipinski definition) is 3. The third-order valence-electron chi connectivity index (χ3n) is 2.07. The van der Waals surface area contributed by atoms with Gasteiger partial charge in [0.1, 0.15) is 0 Å². The molecule has 18 heavy (non-hydrogen) atoms. The van der Waals surface area contributed by atoms with E-state index >= 15 is 0 Å². The van der Waals surface area contributed by atoms with Crippen LogP contribution in [-0.4, -0.2) is 11.0 Å². The monoisotopic (exact) mass is 365 g/mol. The van der Waals surface area contributed by atoms with E-state index in [1.165, 1.54) is 23.5 Å². The van der Waals surface area contributed by atoms with E-state index in [-0.39, 0.29) is 21.7 Å². The summed E-state index contributed by atoms with van der Waals surface area (Å²) in [5.41, 5.74) is 0.428. The van der Waals surface area contributed by atoms with Crippen LogP contribution in [0.1, 0.15) is 9.67 Å². The van der Waals surface area contributed by atoms with Gasteiger partial charge in [-0.05, 0) is 40.2 Å². The molecule has 0 aliphatic carbocycles. The second-order valence-electron chi connectivity index (χ2n) is 3.35. The summed E-state index contributed by atoms with van der Waals surface area (Å²) in [7, 11) is 0. The molecular formula is C11H6BrCl2NO2S. The molecule has 7 heteroatoms. The zero-order valence-electron chi connectivity index (χ0n) is 8.71. The molecular weight excluding hydrogens is 361 g/mol. The molecule has 2 N–H and O–H groups in total. The number of carbonyl (C=O) groups excluding carboxylic acids is 1. The first kappa shape index (κ1) is 13.7. The number of halogens is 3. The average molecular weight is 367 g/mol. The Morgan fingerprint density at radius 3 is 2.39 bits per heavy atom. The molecule has 2 rings (SSSR count). The molecule has 0 fully saturated rings. The Hall–Kier alpha value is -0.750. The molecule has 0 bridgehead atoms. The summed E-state index contributed by atoms with van der Waals surface area (Å²) in [4.78, 5) is 12.4. The van der Waals surface area contributed by atoms with Crippen LogP contribution in [0.15, 0.2) is 28.1 Å². The van der Waals surface area contributed by atoms with Crippen LogP contribution >= 0.6 is 50.5 Å². The fraction of sp³-hybridized carbons (Fsp3) is 0. The van der Waals surface area contributed by atoms with E-state index in [9.17, 15) is 9.90 Å². The first-order chi connectivity index (χ1) is 8.47. The molecule has 2 aromatic rings. The van der Waals surface area contributed by atoms with E-state index in [4.69, 9.17) is 23.2 Å². The Bertz CT molecular complexity index is 592. The van der Waals surface area contributed by atoms with Crippen LogP contribution in [0.5, 0.6) is 5.75 Å². The fourth-order valence-electron chi connectivity index (χ4n) is 1.27. The standard InChI is InChI=1S/C11H6BrCl2NO2S/c12-9-2-1-8(18-9)11(17)15-5-3-6(13)10(16)7(14)4-5/h1-4,16H,(H,15,17). The number of hydrogen-bond donors (Lipinski definition) is 2. The van der Waals surface area contributed by atoms with Gasteiger partial charge in [0.15, 0.2) is 5.75 Å². The van der Waals surface area contributed by atoms with E-state index in [1.807, 2.05) is 0 Å². The second kappa shape index (κ2) is 5.48. The van der Waals surface area contributed by atoms with Crippen molar-refractivity contribution in [3.63, 3.8) is 0 Å². The normalized spacial score (nSPS) is 10.4. The summed E-state index contributed by atoms with van der Waals surface area (Å²) < 4.78 is 0.870. The molecule has 1 aromatic carbocycles. The molecule has 0 atom stereocenters. The maximum Gasteiger partial charge on any atom is 0.265 e. The number of phenols is 1. The molecule has 0 unspecified atom stereocenters. The van der Waals surface area contributed by atoms with Gasteiger partial charge in [0.05, 0.1) is 18.7 Å². The third kappa shape index (κ3) is 2.98. The molecule has 94 valence electrons. The highest BCUT2D eigenvalue weighted by Gasteiger charge is 2.11. The number of nitrogens with one attached hydrogen (secondary N) is 1. The summed E-state index contributed by atoms with van der Waals surface area (Å²) in [6, 6.07) is 6.36. The van der Waals surface area contributed by atoms with Crippen molar-refractivity contribution >= 4 is 62.1 Å². The zero-order valence-corrected chi connectivity index (χ0v) is 12.6. The van der Waals surface area contributed by atoms with Gasteiger partial charge >= 0.3 is 0 Å². The zero-order chi connectivity index (χ0) is 13.3. The molecule has 0 radical (unpaired) electrons. The molecule has 1 heterocycles. The molecule has 0 saturated carbocycles. The number of amides is 1. The van der Waals surface area contributed by atoms with Gasteiger partial charge in [-0.1, -0.05) is 23.2 Å². The lowest BCUT2D eigenvalue weighted by Crippen LogP contribution is -2.09. The van der Waals surface area contributed by atoms with Crippen molar-refractivity contribution in [2.45, 2.75) is 0 Å². The predicted octanol–water partition coefficient (Wildman–Crippen LogP) is 4.78. The Morgan fingerprint density at radius 1 is 1.28 bits per heavy atom. The molecule has 1 aromatic heterocycles. The Balaban J connectivity index is 2.22. The number of carbonyl (C=O) groups is 1. The van der Waals surface area contributed by atoms with Crippen molar-refractivity contribution < 1.29 is 9.90 Å². The van der Waals surface area contributed by atoms with Gasteiger partial charge in [0.2, 0.25) is 0 Å². The average Bonchev–Trinajstić information content (AvgIpc) is 2.72. The van der Waals surface area contributed by atoms with Crippen LogP contribution in [0.4, 0.5) is 5.69 Å². The van der Waals surface area contributed by atoms with Gasteiger partial charge in [-0.2, -0.15) is 0 Å². The number of aromatic hydroxyl groups is 1. The van der Waals surface area contributed by atoms with Crippen molar-refractivity contribution in [1.29, 1.82) is 0 Å². The topological polar surface area (TPSA) is 49.3 Å². The molecule has 1 amide bonds. The van der Waals surface area contributed by atoms with Crippen molar-refractivity contribution in [3.8, 4) is 5.75 Å². The van der Waals surface area contributed by atoms with E-state index in [0.717, 1.165) is 3.79 Å². The summed E-state index contributed by atoms with van der Waals surface area (Å²) in [6.45, 7) is 0. The van der Waals surface area contributed by atoms with Crippen LogP contribution < -0.4 is 5.32 Å². The number of rotatable bonds is 2. The van der Waals surface area contributed by atoms with E-state index in [2.05, 4.69) is 21.2 Å². The number of thiophene rings is 1. The van der Waals surface area contributed by atoms with E-state index in [0.29, 0.717) is 10.6 Å². The first-order valence-corrected chi connectivity index (χ1v) is 7.08. The molecule has 0 saturated heterocycles. The van der Waals surface area contributed by atoms with Gasteiger partial charge in [0.25, 0.3) is 5.91 Å². The second-order valence-corrected chi connectivity index (χ2v) is 6.62. The largest absolute Gasteiger partial charge is 0.505 e. The SMILES string of the molecule is O=C(Nc1cc(Cl)c(O)c(Cl)c1)c1ccc(Br)s1. The van der Waals surface area contributed by atoms with E-state index < -0.39 is 0 Å². The summed E-state index contributed by atoms with van der Waals surface area (Å²) in [5, 5.41) is 12.2. The minimum absolute atomic E-state index is 0.0881. The Morgan fingerprint density at radius 2 is 1.89 bits per heavy atom. The predicted molar refractivity (Wildman–Crippen MR) is 78.1 cm³/mol. The van der Waals surface area contributed by atoms with Crippen molar-refractivity contribution in [1.82, 2.24) is 0 Å². The van der Waals surface area contributed by atoms with Crippen LogP contribution in [0.3, 0.4) is 0 Å². The van der Waals surface area contributed by atoms with Crippen LogP contribution in [0.2, 0.25) is 10.0 Å². The minimum atomic E-state index is -0.261. The maximum absolute atomic E-state index is 11.9. The van der Waals surface area contributed by atoms with Crippen LogP contribution in [0, 0.1) is 0 Å². The smallest absolute Gasteiger partial charge is 0.265 e. The number of anilines is 1. The Kier molecular flexibility index (Phi) is 4.17. The van der Waals surface area contributed by atoms with Crippen LogP contribution in [0.25, 0.3) is 0 Å². The molecule has 0 spiro atoms. The lowest BCUT2D eigenvalue weighted by Gasteiger charge is -2.06. The van der Waals surface area contributed by atoms with Crippen LogP contribution in [-0.2, 0) is 0 Å². The third-order valence-corrected chi connectivity index (χ3v) is 4.27. The van der Waals surface area contributed by atoms with Gasteiger partial charge in [-0.25, -0.2) is 0 Å². The first-order valence-electron chi connectivity index (χ1n) is 4.72. The lowest BCUT2D eigenvalue weighted by molar-refractivity contribution is 0.103.